The van der Waals surface area contributed by atoms with E-state index in [4.69, 9.17) is 4.98 Å². The second-order valence-corrected chi connectivity index (χ2v) is 13.8. The summed E-state index contributed by atoms with van der Waals surface area (Å²) in [5.74, 6) is -6.65. The quantitative estimate of drug-likeness (QED) is 0.182. The van der Waals surface area contributed by atoms with Crippen molar-refractivity contribution in [3.8, 4) is 11.3 Å². The lowest BCUT2D eigenvalue weighted by atomic mass is 9.98. The second-order valence-electron chi connectivity index (χ2n) is 13.0. The van der Waals surface area contributed by atoms with Gasteiger partial charge in [-0.2, -0.15) is 13.9 Å². The molecule has 0 bridgehead atoms. The van der Waals surface area contributed by atoms with Crippen LogP contribution in [0.3, 0.4) is 0 Å². The molecule has 2 aromatic heterocycles. The van der Waals surface area contributed by atoms with Gasteiger partial charge in [-0.25, -0.2) is 4.98 Å². The highest BCUT2D eigenvalue weighted by Gasteiger charge is 2.50. The van der Waals surface area contributed by atoms with Gasteiger partial charge in [0.1, 0.15) is 17.8 Å². The van der Waals surface area contributed by atoms with Gasteiger partial charge in [-0.1, -0.05) is 18.2 Å². The van der Waals surface area contributed by atoms with Gasteiger partial charge in [0.2, 0.25) is 11.8 Å². The number of hydrogen-bond donors (Lipinski definition) is 2. The molecular weight excluding hydrogens is 730 g/mol. The summed E-state index contributed by atoms with van der Waals surface area (Å²) in [4.78, 5) is 73.5. The Morgan fingerprint density at radius 2 is 1.92 bits per heavy atom. The van der Waals surface area contributed by atoms with Crippen LogP contribution < -0.4 is 10.6 Å². The van der Waals surface area contributed by atoms with E-state index >= 15 is 8.78 Å². The number of nitrogens with one attached hydrogen (secondary N) is 2. The fourth-order valence-electron chi connectivity index (χ4n) is 7.08. The fraction of sp³-hybridized carbons (Fsp3) is 0.371. The van der Waals surface area contributed by atoms with E-state index in [1.165, 1.54) is 9.80 Å². The molecular formula is C35H33BrF2N8O5. The predicted molar refractivity (Wildman–Crippen MR) is 182 cm³/mol. The van der Waals surface area contributed by atoms with Gasteiger partial charge in [-0.15, -0.1) is 0 Å². The van der Waals surface area contributed by atoms with Gasteiger partial charge in [0.05, 0.1) is 35.7 Å². The topological polar surface area (TPSA) is 159 Å². The van der Waals surface area contributed by atoms with E-state index in [2.05, 4.69) is 36.6 Å². The number of benzene rings is 2. The number of hydrogen-bond acceptors (Lipinski definition) is 9. The van der Waals surface area contributed by atoms with Gasteiger partial charge in [-0.05, 0) is 64.5 Å². The first kappa shape index (κ1) is 34.5. The van der Waals surface area contributed by atoms with Crippen LogP contribution in [0.4, 0.5) is 8.78 Å². The minimum atomic E-state index is -3.87. The summed E-state index contributed by atoms with van der Waals surface area (Å²) >= 11 is 3.51. The third-order valence-corrected chi connectivity index (χ3v) is 10.5. The molecule has 13 nitrogen and oxygen atoms in total. The average molecular weight is 764 g/mol. The number of piperidine rings is 2. The number of nitrogens with zero attached hydrogens (tertiary/aromatic N) is 6. The van der Waals surface area contributed by atoms with Crippen molar-refractivity contribution in [1.29, 1.82) is 0 Å². The van der Waals surface area contributed by atoms with Gasteiger partial charge in [0, 0.05) is 60.8 Å². The normalized spacial score (nSPS) is 19.2. The first-order valence-corrected chi connectivity index (χ1v) is 17.4. The Morgan fingerprint density at radius 1 is 1.12 bits per heavy atom. The van der Waals surface area contributed by atoms with Gasteiger partial charge in [-0.3, -0.25) is 39.1 Å². The highest BCUT2D eigenvalue weighted by molar-refractivity contribution is 9.10. The van der Waals surface area contributed by atoms with Crippen LogP contribution in [0.5, 0.6) is 0 Å². The molecule has 0 radical (unpaired) electrons. The van der Waals surface area contributed by atoms with Crippen LogP contribution in [0, 0.1) is 0 Å². The molecule has 4 aromatic rings. The minimum Gasteiger partial charge on any atom is -0.347 e. The standard InChI is InChI=1S/C35H33BrF2N8O5/c36-25-2-1-3-26-31(25)42-27(17-39-26)22-16-41-46(19-22)23-8-11-44(12-9-23)29(10-13-47)35(37,38)34(51)40-15-20-4-5-24-21(14-20)18-45(33(24)50)28-6-7-30(48)43-32(28)49/h1-5,13-14,16-17,19,23,28-29H,6-12,15,18H2,(H,40,51)(H,43,48,49). The SMILES string of the molecule is O=CCC(N1CCC(n2cc(-c3cnc4cccc(Br)c4n3)cn2)CC1)C(F)(F)C(=O)NCc1ccc2c(c1)CN(C1CCC(=O)NC1=O)C2=O. The van der Waals surface area contributed by atoms with Crippen molar-refractivity contribution in [2.75, 3.05) is 13.1 Å². The van der Waals surface area contributed by atoms with Crippen molar-refractivity contribution in [3.63, 3.8) is 0 Å². The number of imide groups is 1. The zero-order chi connectivity index (χ0) is 35.9. The molecule has 51 heavy (non-hydrogen) atoms. The number of fused-ring (bicyclic) bond motifs is 2. The van der Waals surface area contributed by atoms with Crippen LogP contribution in [0.25, 0.3) is 22.3 Å². The number of rotatable bonds is 10. The van der Waals surface area contributed by atoms with Crippen molar-refractivity contribution in [2.24, 2.45) is 0 Å². The molecule has 4 amide bonds. The van der Waals surface area contributed by atoms with E-state index in [9.17, 15) is 24.0 Å². The van der Waals surface area contributed by atoms with Crippen LogP contribution >= 0.6 is 15.9 Å². The summed E-state index contributed by atoms with van der Waals surface area (Å²) in [5.41, 5.74) is 4.35. The molecule has 5 heterocycles. The summed E-state index contributed by atoms with van der Waals surface area (Å²) in [6.07, 6.45) is 6.42. The number of aldehydes is 1. The Balaban J connectivity index is 0.962. The molecule has 2 N–H and O–H groups in total. The molecule has 3 aliphatic heterocycles. The number of para-hydroxylation sites is 1. The van der Waals surface area contributed by atoms with E-state index in [0.29, 0.717) is 41.5 Å². The molecule has 2 atom stereocenters. The first-order chi connectivity index (χ1) is 24.5. The maximum atomic E-state index is 15.7. The zero-order valence-corrected chi connectivity index (χ0v) is 28.8. The lowest BCUT2D eigenvalue weighted by Crippen LogP contribution is -2.57. The summed E-state index contributed by atoms with van der Waals surface area (Å²) in [6.45, 7) is 0.342. The molecule has 0 saturated carbocycles. The summed E-state index contributed by atoms with van der Waals surface area (Å²) in [5, 5.41) is 9.08. The smallest absolute Gasteiger partial charge is 0.340 e. The van der Waals surface area contributed by atoms with Crippen LogP contribution in [0.15, 0.2) is 59.5 Å². The van der Waals surface area contributed by atoms with Gasteiger partial charge in [0.25, 0.3) is 11.8 Å². The molecule has 0 spiro atoms. The number of halogens is 3. The van der Waals surface area contributed by atoms with Crippen molar-refractivity contribution in [3.05, 3.63) is 76.2 Å². The highest BCUT2D eigenvalue weighted by atomic mass is 79.9. The molecule has 2 aromatic carbocycles. The number of aromatic nitrogens is 4. The number of carbonyl (C=O) groups is 5. The molecule has 0 aliphatic carbocycles. The molecule has 2 unspecified atom stereocenters. The van der Waals surface area contributed by atoms with E-state index < -0.39 is 36.2 Å². The predicted octanol–water partition coefficient (Wildman–Crippen LogP) is 3.56. The summed E-state index contributed by atoms with van der Waals surface area (Å²) < 4.78 is 34.1. The van der Waals surface area contributed by atoms with Crippen LogP contribution in [-0.4, -0.2) is 90.6 Å². The third-order valence-electron chi connectivity index (χ3n) is 9.82. The van der Waals surface area contributed by atoms with E-state index in [0.717, 1.165) is 21.1 Å². The second kappa shape index (κ2) is 14.0. The number of alkyl halides is 2. The number of likely N-dealkylation sites (tertiary alicyclic amines) is 1. The third kappa shape index (κ3) is 6.77. The highest BCUT2D eigenvalue weighted by Crippen LogP contribution is 2.33. The molecule has 2 fully saturated rings. The average Bonchev–Trinajstić information content (AvgIpc) is 3.74. The Morgan fingerprint density at radius 3 is 2.69 bits per heavy atom. The maximum Gasteiger partial charge on any atom is 0.340 e. The van der Waals surface area contributed by atoms with Crippen molar-refractivity contribution < 1.29 is 32.8 Å². The van der Waals surface area contributed by atoms with Crippen molar-refractivity contribution >= 4 is 56.9 Å². The fourth-order valence-corrected chi connectivity index (χ4v) is 7.52. The monoisotopic (exact) mass is 762 g/mol. The molecule has 16 heteroatoms. The molecule has 3 aliphatic rings. The Bertz CT molecular complexity index is 2050. The number of carbonyl (C=O) groups excluding carboxylic acids is 5. The van der Waals surface area contributed by atoms with Crippen LogP contribution in [0.2, 0.25) is 0 Å². The number of amides is 4. The van der Waals surface area contributed by atoms with Gasteiger partial charge in [0.15, 0.2) is 0 Å². The van der Waals surface area contributed by atoms with Crippen molar-refractivity contribution in [1.82, 2.24) is 40.2 Å². The minimum absolute atomic E-state index is 0.0768. The lowest BCUT2D eigenvalue weighted by molar-refractivity contribution is -0.159. The molecule has 7 rings (SSSR count). The molecule has 264 valence electrons. The Hall–Kier alpha value is -4.96. The van der Waals surface area contributed by atoms with Crippen LogP contribution in [0.1, 0.15) is 59.6 Å². The Labute approximate surface area is 298 Å². The van der Waals surface area contributed by atoms with E-state index in [-0.39, 0.29) is 56.9 Å². The largest absolute Gasteiger partial charge is 0.347 e. The van der Waals surface area contributed by atoms with E-state index in [1.54, 1.807) is 35.3 Å². The van der Waals surface area contributed by atoms with Crippen LogP contribution in [-0.2, 0) is 32.3 Å². The van der Waals surface area contributed by atoms with Gasteiger partial charge >= 0.3 is 5.92 Å². The first-order valence-electron chi connectivity index (χ1n) is 16.6. The van der Waals surface area contributed by atoms with Crippen molar-refractivity contribution in [2.45, 2.75) is 69.2 Å². The van der Waals surface area contributed by atoms with E-state index in [1.807, 2.05) is 24.4 Å². The summed E-state index contributed by atoms with van der Waals surface area (Å²) in [7, 11) is 0. The zero-order valence-electron chi connectivity index (χ0n) is 27.2. The molecule has 2 saturated heterocycles. The Kier molecular flexibility index (Phi) is 9.46. The lowest BCUT2D eigenvalue weighted by Gasteiger charge is -2.39. The summed E-state index contributed by atoms with van der Waals surface area (Å²) in [6, 6.07) is 7.90. The van der Waals surface area contributed by atoms with Gasteiger partial charge < -0.3 is 15.0 Å². The maximum absolute atomic E-state index is 15.7.